The average Bonchev–Trinajstić information content (AvgIpc) is 3.40. The Bertz CT molecular complexity index is 729. The molecule has 2 saturated heterocycles. The van der Waals surface area contributed by atoms with E-state index in [0.29, 0.717) is 11.8 Å². The van der Waals surface area contributed by atoms with Gasteiger partial charge in [-0.2, -0.15) is 0 Å². The largest absolute Gasteiger partial charge is 0.347 e. The van der Waals surface area contributed by atoms with Gasteiger partial charge in [-0.15, -0.1) is 10.2 Å². The monoisotopic (exact) mass is 388 g/mol. The minimum Gasteiger partial charge on any atom is -0.347 e. The van der Waals surface area contributed by atoms with Crippen LogP contribution in [0.3, 0.4) is 0 Å². The summed E-state index contributed by atoms with van der Waals surface area (Å²) < 4.78 is 1.98. The lowest BCUT2D eigenvalue weighted by Gasteiger charge is -2.37. The van der Waals surface area contributed by atoms with Gasteiger partial charge in [0.2, 0.25) is 16.2 Å². The second-order valence-electron chi connectivity index (χ2n) is 7.55. The van der Waals surface area contributed by atoms with Gasteiger partial charge in [-0.25, -0.2) is 0 Å². The topological polar surface area (TPSA) is 66.3 Å². The number of hydrogen-bond acceptors (Lipinski definition) is 6. The number of aromatic nitrogens is 3. The highest BCUT2D eigenvalue weighted by Crippen LogP contribution is 2.29. The highest BCUT2D eigenvalue weighted by Gasteiger charge is 2.31. The van der Waals surface area contributed by atoms with Gasteiger partial charge in [0.1, 0.15) is 0 Å². The zero-order valence-electron chi connectivity index (χ0n) is 15.9. The van der Waals surface area contributed by atoms with Crippen molar-refractivity contribution in [2.24, 2.45) is 11.8 Å². The van der Waals surface area contributed by atoms with Crippen molar-refractivity contribution in [2.75, 3.05) is 44.7 Å². The molecule has 4 heterocycles. The van der Waals surface area contributed by atoms with Crippen LogP contribution in [-0.4, -0.2) is 65.3 Å². The van der Waals surface area contributed by atoms with Crippen LogP contribution in [0.5, 0.6) is 0 Å². The van der Waals surface area contributed by atoms with E-state index in [4.69, 9.17) is 0 Å². The van der Waals surface area contributed by atoms with Crippen molar-refractivity contribution in [1.29, 1.82) is 0 Å². The zero-order chi connectivity index (χ0) is 18.6. The number of piperidine rings is 2. The van der Waals surface area contributed by atoms with Crippen molar-refractivity contribution in [2.45, 2.75) is 25.7 Å². The van der Waals surface area contributed by atoms with E-state index in [9.17, 15) is 4.79 Å². The first kappa shape index (κ1) is 18.4. The first-order chi connectivity index (χ1) is 13.2. The fourth-order valence-corrected chi connectivity index (χ4v) is 4.99. The minimum atomic E-state index is 0.166. The fourth-order valence-electron chi connectivity index (χ4n) is 4.12. The molecule has 2 aliphatic heterocycles. The van der Waals surface area contributed by atoms with Crippen LogP contribution in [0.15, 0.2) is 24.5 Å². The third-order valence-corrected chi connectivity index (χ3v) is 6.76. The molecule has 0 atom stereocenters. The van der Waals surface area contributed by atoms with Gasteiger partial charge in [0.15, 0.2) is 0 Å². The highest BCUT2D eigenvalue weighted by atomic mass is 32.1. The number of carbonyl (C=O) groups excluding carboxylic acids is 1. The lowest BCUT2D eigenvalue weighted by atomic mass is 9.92. The van der Waals surface area contributed by atoms with Crippen LogP contribution in [-0.2, 0) is 4.79 Å². The number of nitrogens with zero attached hydrogens (tertiary/aromatic N) is 5. The Kier molecular flexibility index (Phi) is 5.73. The minimum absolute atomic E-state index is 0.166. The van der Waals surface area contributed by atoms with Gasteiger partial charge in [-0.05, 0) is 57.3 Å². The third-order valence-electron chi connectivity index (χ3n) is 5.76. The quantitative estimate of drug-likeness (QED) is 0.849. The maximum Gasteiger partial charge on any atom is 0.225 e. The van der Waals surface area contributed by atoms with Gasteiger partial charge in [0.25, 0.3) is 0 Å². The molecule has 0 unspecified atom stereocenters. The summed E-state index contributed by atoms with van der Waals surface area (Å²) in [7, 11) is 2.00. The van der Waals surface area contributed by atoms with Gasteiger partial charge < -0.3 is 15.1 Å². The van der Waals surface area contributed by atoms with E-state index in [-0.39, 0.29) is 5.92 Å². The highest BCUT2D eigenvalue weighted by molar-refractivity contribution is 7.17. The van der Waals surface area contributed by atoms with Gasteiger partial charge in [0, 0.05) is 44.5 Å². The number of nitrogens with one attached hydrogen (secondary N) is 1. The van der Waals surface area contributed by atoms with Gasteiger partial charge in [0.05, 0.1) is 0 Å². The summed E-state index contributed by atoms with van der Waals surface area (Å²) >= 11 is 1.61. The summed E-state index contributed by atoms with van der Waals surface area (Å²) in [6.45, 7) is 4.66. The molecule has 2 fully saturated rings. The van der Waals surface area contributed by atoms with Crippen molar-refractivity contribution in [3.05, 3.63) is 24.5 Å². The van der Waals surface area contributed by atoms with Gasteiger partial charge in [-0.3, -0.25) is 9.36 Å². The van der Waals surface area contributed by atoms with E-state index in [1.165, 1.54) is 0 Å². The molecule has 0 radical (unpaired) electrons. The average molecular weight is 389 g/mol. The van der Waals surface area contributed by atoms with Gasteiger partial charge in [-0.1, -0.05) is 11.3 Å². The van der Waals surface area contributed by atoms with Crippen LogP contribution in [0.1, 0.15) is 25.7 Å². The second kappa shape index (κ2) is 8.39. The van der Waals surface area contributed by atoms with Crippen LogP contribution in [0.25, 0.3) is 5.13 Å². The normalized spacial score (nSPS) is 19.6. The molecule has 7 nitrogen and oxygen atoms in total. The molecule has 146 valence electrons. The van der Waals surface area contributed by atoms with E-state index >= 15 is 0 Å². The molecule has 2 aliphatic rings. The predicted molar refractivity (Wildman–Crippen MR) is 107 cm³/mol. The van der Waals surface area contributed by atoms with Gasteiger partial charge >= 0.3 is 0 Å². The van der Waals surface area contributed by atoms with Crippen molar-refractivity contribution < 1.29 is 4.79 Å². The SMILES string of the molecule is CNCC1CCN(C(=O)C2CCN(c3nnc(-n4cccc4)s3)CC2)CC1. The Hall–Kier alpha value is -1.93. The zero-order valence-corrected chi connectivity index (χ0v) is 16.7. The Morgan fingerprint density at radius 2 is 1.74 bits per heavy atom. The Balaban J connectivity index is 1.28. The van der Waals surface area contributed by atoms with E-state index < -0.39 is 0 Å². The molecular weight excluding hydrogens is 360 g/mol. The van der Waals surface area contributed by atoms with Crippen molar-refractivity contribution in [1.82, 2.24) is 25.0 Å². The van der Waals surface area contributed by atoms with Crippen LogP contribution in [0.2, 0.25) is 0 Å². The van der Waals surface area contributed by atoms with E-state index in [1.54, 1.807) is 11.3 Å². The Morgan fingerprint density at radius 1 is 1.07 bits per heavy atom. The fraction of sp³-hybridized carbons (Fsp3) is 0.632. The smallest absolute Gasteiger partial charge is 0.225 e. The number of anilines is 1. The van der Waals surface area contributed by atoms with Crippen LogP contribution >= 0.6 is 11.3 Å². The standard InChI is InChI=1S/C19H28N6OS/c1-20-14-15-4-10-23(11-5-15)17(26)16-6-12-25(13-7-16)19-22-21-18(27-19)24-8-2-3-9-24/h2-3,8-9,15-16,20H,4-7,10-14H2,1H3. The molecule has 2 aromatic heterocycles. The van der Waals surface area contributed by atoms with Crippen molar-refractivity contribution in [3.8, 4) is 5.13 Å². The third kappa shape index (κ3) is 4.16. The lowest BCUT2D eigenvalue weighted by molar-refractivity contribution is -0.137. The predicted octanol–water partition coefficient (Wildman–Crippen LogP) is 2.00. The van der Waals surface area contributed by atoms with Crippen molar-refractivity contribution >= 4 is 22.4 Å². The molecule has 8 heteroatoms. The van der Waals surface area contributed by atoms with E-state index in [0.717, 1.165) is 68.7 Å². The maximum atomic E-state index is 12.9. The number of rotatable bonds is 5. The molecule has 0 bridgehead atoms. The molecule has 4 rings (SSSR count). The molecule has 0 spiro atoms. The Labute approximate surface area is 164 Å². The first-order valence-electron chi connectivity index (χ1n) is 9.90. The lowest BCUT2D eigenvalue weighted by Crippen LogP contribution is -2.46. The first-order valence-corrected chi connectivity index (χ1v) is 10.7. The molecule has 27 heavy (non-hydrogen) atoms. The summed E-state index contributed by atoms with van der Waals surface area (Å²) in [5.41, 5.74) is 0. The summed E-state index contributed by atoms with van der Waals surface area (Å²) in [4.78, 5) is 17.3. The summed E-state index contributed by atoms with van der Waals surface area (Å²) in [6.07, 6.45) is 8.03. The van der Waals surface area contributed by atoms with Crippen LogP contribution < -0.4 is 10.2 Å². The molecule has 0 aromatic carbocycles. The Morgan fingerprint density at radius 3 is 2.41 bits per heavy atom. The number of hydrogen-bond donors (Lipinski definition) is 1. The van der Waals surface area contributed by atoms with E-state index in [1.807, 2.05) is 36.1 Å². The van der Waals surface area contributed by atoms with E-state index in [2.05, 4.69) is 25.3 Å². The number of likely N-dealkylation sites (tertiary alicyclic amines) is 1. The summed E-state index contributed by atoms with van der Waals surface area (Å²) in [5.74, 6) is 1.24. The molecule has 0 saturated carbocycles. The summed E-state index contributed by atoms with van der Waals surface area (Å²) in [5, 5.41) is 13.7. The summed E-state index contributed by atoms with van der Waals surface area (Å²) in [6, 6.07) is 3.97. The van der Waals surface area contributed by atoms with Crippen LogP contribution in [0, 0.1) is 11.8 Å². The second-order valence-corrected chi connectivity index (χ2v) is 8.48. The molecule has 1 N–H and O–H groups in total. The maximum absolute atomic E-state index is 12.9. The molecular formula is C19H28N6OS. The molecule has 0 aliphatic carbocycles. The number of carbonyl (C=O) groups is 1. The van der Waals surface area contributed by atoms with Crippen molar-refractivity contribution in [3.63, 3.8) is 0 Å². The molecule has 1 amide bonds. The molecule has 2 aromatic rings. The number of amides is 1. The van der Waals surface area contributed by atoms with Crippen LogP contribution in [0.4, 0.5) is 5.13 Å².